The summed E-state index contributed by atoms with van der Waals surface area (Å²) in [4.78, 5) is 20.7. The van der Waals surface area contributed by atoms with Gasteiger partial charge < -0.3 is 14.6 Å². The average Bonchev–Trinajstić information content (AvgIpc) is 3.47. The van der Waals surface area contributed by atoms with Gasteiger partial charge in [-0.1, -0.05) is 23.4 Å². The number of aryl methyl sites for hydroxylation is 1. The van der Waals surface area contributed by atoms with E-state index in [9.17, 15) is 4.79 Å². The average molecular weight is 412 g/mol. The number of rotatable bonds is 8. The largest absolute Gasteiger partial charge is 0.459 e. The molecule has 0 spiro atoms. The van der Waals surface area contributed by atoms with Crippen molar-refractivity contribution in [1.82, 2.24) is 15.1 Å². The summed E-state index contributed by atoms with van der Waals surface area (Å²) >= 11 is 3.02. The maximum Gasteiger partial charge on any atom is 0.306 e. The third kappa shape index (κ3) is 4.81. The summed E-state index contributed by atoms with van der Waals surface area (Å²) in [5, 5.41) is 13.6. The molecule has 0 bridgehead atoms. The molecule has 0 saturated carbocycles. The highest BCUT2D eigenvalue weighted by molar-refractivity contribution is 7.13. The molecule has 4 aromatic rings. The molecule has 0 fully saturated rings. The fourth-order valence-electron chi connectivity index (χ4n) is 2.38. The normalized spacial score (nSPS) is 10.7. The quantitative estimate of drug-likeness (QED) is 0.420. The molecule has 4 rings (SSSR count). The lowest BCUT2D eigenvalue weighted by Gasteiger charge is -2.02. The minimum Gasteiger partial charge on any atom is -0.459 e. The second-order valence-corrected chi connectivity index (χ2v) is 7.46. The van der Waals surface area contributed by atoms with E-state index in [2.05, 4.69) is 20.4 Å². The van der Waals surface area contributed by atoms with Gasteiger partial charge in [0.2, 0.25) is 11.7 Å². The fraction of sp³-hybridized carbons (Fsp3) is 0.158. The van der Waals surface area contributed by atoms with Gasteiger partial charge in [0.25, 0.3) is 0 Å². The molecule has 142 valence electrons. The zero-order valence-corrected chi connectivity index (χ0v) is 16.3. The van der Waals surface area contributed by atoms with E-state index in [4.69, 9.17) is 9.26 Å². The Balaban J connectivity index is 1.23. The first-order chi connectivity index (χ1) is 13.8. The minimum absolute atomic E-state index is 0.135. The van der Waals surface area contributed by atoms with Crippen LogP contribution in [0.4, 0.5) is 10.8 Å². The van der Waals surface area contributed by atoms with E-state index in [1.807, 2.05) is 52.5 Å². The molecule has 0 aliphatic heterocycles. The second-order valence-electron chi connectivity index (χ2n) is 5.82. The summed E-state index contributed by atoms with van der Waals surface area (Å²) in [5.74, 6) is 0.618. The molecule has 0 unspecified atom stereocenters. The maximum absolute atomic E-state index is 12.0. The molecule has 0 radical (unpaired) electrons. The number of nitrogens with one attached hydrogen (secondary N) is 1. The Hall–Kier alpha value is -3.04. The predicted octanol–water partition coefficient (Wildman–Crippen LogP) is 4.67. The molecular formula is C19H16N4O3S2. The number of thiazole rings is 1. The molecule has 9 heteroatoms. The Morgan fingerprint density at radius 3 is 2.86 bits per heavy atom. The van der Waals surface area contributed by atoms with E-state index in [1.54, 1.807) is 11.3 Å². The number of thiophene rings is 1. The van der Waals surface area contributed by atoms with Gasteiger partial charge in [0.05, 0.1) is 12.1 Å². The van der Waals surface area contributed by atoms with Gasteiger partial charge in [0, 0.05) is 28.4 Å². The van der Waals surface area contributed by atoms with Crippen molar-refractivity contribution in [3.8, 4) is 11.4 Å². The van der Waals surface area contributed by atoms with Crippen molar-refractivity contribution in [2.45, 2.75) is 19.4 Å². The van der Waals surface area contributed by atoms with Crippen molar-refractivity contribution in [2.75, 3.05) is 5.32 Å². The number of carbonyl (C=O) groups excluding carboxylic acids is 1. The van der Waals surface area contributed by atoms with E-state index >= 15 is 0 Å². The molecule has 1 N–H and O–H groups in total. The zero-order valence-electron chi connectivity index (χ0n) is 14.7. The predicted molar refractivity (Wildman–Crippen MR) is 108 cm³/mol. The van der Waals surface area contributed by atoms with Crippen LogP contribution in [0.25, 0.3) is 11.4 Å². The van der Waals surface area contributed by atoms with E-state index in [0.717, 1.165) is 16.4 Å². The number of para-hydroxylation sites is 1. The standard InChI is InChI=1S/C19H16N4O3S2/c24-17(7-6-16-22-18(23-26-16)13-8-9-27-11-13)25-10-15-12-28-19(21-15)20-14-4-2-1-3-5-14/h1-5,8-9,11-12H,6-7,10H2,(H,20,21). The van der Waals surface area contributed by atoms with E-state index in [-0.39, 0.29) is 19.0 Å². The highest BCUT2D eigenvalue weighted by Gasteiger charge is 2.12. The first-order valence-corrected chi connectivity index (χ1v) is 10.4. The molecule has 0 aliphatic rings. The van der Waals surface area contributed by atoms with Crippen LogP contribution in [-0.2, 0) is 22.6 Å². The van der Waals surface area contributed by atoms with Crippen molar-refractivity contribution >= 4 is 39.5 Å². The second kappa shape index (κ2) is 8.77. The smallest absolute Gasteiger partial charge is 0.306 e. The van der Waals surface area contributed by atoms with E-state index in [0.29, 0.717) is 23.8 Å². The van der Waals surface area contributed by atoms with Crippen LogP contribution < -0.4 is 5.32 Å². The number of anilines is 2. The number of ether oxygens (including phenoxy) is 1. The lowest BCUT2D eigenvalue weighted by atomic mass is 10.3. The number of nitrogens with zero attached hydrogens (tertiary/aromatic N) is 3. The van der Waals surface area contributed by atoms with Gasteiger partial charge >= 0.3 is 5.97 Å². The molecule has 3 heterocycles. The first-order valence-electron chi connectivity index (χ1n) is 8.53. The number of benzene rings is 1. The van der Waals surface area contributed by atoms with Crippen LogP contribution in [0.3, 0.4) is 0 Å². The Morgan fingerprint density at radius 2 is 2.04 bits per heavy atom. The van der Waals surface area contributed by atoms with Crippen LogP contribution in [0.15, 0.2) is 57.1 Å². The van der Waals surface area contributed by atoms with Crippen LogP contribution in [0.5, 0.6) is 0 Å². The van der Waals surface area contributed by atoms with E-state index < -0.39 is 0 Å². The van der Waals surface area contributed by atoms with Crippen LogP contribution >= 0.6 is 22.7 Å². The zero-order chi connectivity index (χ0) is 19.2. The third-order valence-electron chi connectivity index (χ3n) is 3.75. The van der Waals surface area contributed by atoms with Crippen molar-refractivity contribution < 1.29 is 14.1 Å². The van der Waals surface area contributed by atoms with Crippen molar-refractivity contribution in [1.29, 1.82) is 0 Å². The SMILES string of the molecule is O=C(CCc1nc(-c2ccsc2)no1)OCc1csc(Nc2ccccc2)n1. The molecule has 0 aliphatic carbocycles. The molecule has 0 amide bonds. The molecule has 3 aromatic heterocycles. The van der Waals surface area contributed by atoms with Gasteiger partial charge in [0.15, 0.2) is 5.13 Å². The van der Waals surface area contributed by atoms with E-state index in [1.165, 1.54) is 11.3 Å². The number of esters is 1. The fourth-order valence-corrected chi connectivity index (χ4v) is 3.73. The van der Waals surface area contributed by atoms with Crippen molar-refractivity contribution in [3.63, 3.8) is 0 Å². The number of hydrogen-bond acceptors (Lipinski definition) is 9. The first kappa shape index (κ1) is 18.3. The Kier molecular flexibility index (Phi) is 5.74. The lowest BCUT2D eigenvalue weighted by Crippen LogP contribution is -2.06. The molecule has 28 heavy (non-hydrogen) atoms. The van der Waals surface area contributed by atoms with Crippen LogP contribution in [0.1, 0.15) is 18.0 Å². The van der Waals surface area contributed by atoms with Gasteiger partial charge in [-0.05, 0) is 23.6 Å². The Bertz CT molecular complexity index is 1030. The molecule has 7 nitrogen and oxygen atoms in total. The highest BCUT2D eigenvalue weighted by Crippen LogP contribution is 2.21. The van der Waals surface area contributed by atoms with Gasteiger partial charge in [-0.3, -0.25) is 4.79 Å². The summed E-state index contributed by atoms with van der Waals surface area (Å²) in [7, 11) is 0. The van der Waals surface area contributed by atoms with Gasteiger partial charge in [-0.15, -0.1) is 11.3 Å². The van der Waals surface area contributed by atoms with Crippen LogP contribution in [-0.4, -0.2) is 21.1 Å². The number of hydrogen-bond donors (Lipinski definition) is 1. The number of aromatic nitrogens is 3. The highest BCUT2D eigenvalue weighted by atomic mass is 32.1. The van der Waals surface area contributed by atoms with Crippen LogP contribution in [0.2, 0.25) is 0 Å². The monoisotopic (exact) mass is 412 g/mol. The van der Waals surface area contributed by atoms with Crippen molar-refractivity contribution in [2.24, 2.45) is 0 Å². The summed E-state index contributed by atoms with van der Waals surface area (Å²) in [6, 6.07) is 11.7. The molecule has 0 atom stereocenters. The van der Waals surface area contributed by atoms with Gasteiger partial charge in [0.1, 0.15) is 6.61 Å². The molecule has 0 saturated heterocycles. The topological polar surface area (TPSA) is 90.1 Å². The Labute approximate surface area is 169 Å². The molecule has 1 aromatic carbocycles. The Morgan fingerprint density at radius 1 is 1.14 bits per heavy atom. The molecular weight excluding hydrogens is 396 g/mol. The van der Waals surface area contributed by atoms with Gasteiger partial charge in [-0.2, -0.15) is 16.3 Å². The number of carbonyl (C=O) groups is 1. The third-order valence-corrected chi connectivity index (χ3v) is 5.24. The summed E-state index contributed by atoms with van der Waals surface area (Å²) < 4.78 is 10.5. The summed E-state index contributed by atoms with van der Waals surface area (Å²) in [5.41, 5.74) is 2.57. The van der Waals surface area contributed by atoms with Gasteiger partial charge in [-0.25, -0.2) is 4.98 Å². The van der Waals surface area contributed by atoms with Crippen molar-refractivity contribution in [3.05, 3.63) is 64.1 Å². The lowest BCUT2D eigenvalue weighted by molar-refractivity contribution is -0.145. The summed E-state index contributed by atoms with van der Waals surface area (Å²) in [6.07, 6.45) is 0.512. The minimum atomic E-state index is -0.333. The summed E-state index contributed by atoms with van der Waals surface area (Å²) in [6.45, 7) is 0.135. The maximum atomic E-state index is 12.0. The van der Waals surface area contributed by atoms with Crippen LogP contribution in [0, 0.1) is 0 Å².